The number of nitrogens with zero attached hydrogens (tertiary/aromatic N) is 1. The van der Waals surface area contributed by atoms with Crippen LogP contribution in [0.1, 0.15) is 56.4 Å². The van der Waals surface area contributed by atoms with Gasteiger partial charge < -0.3 is 10.6 Å². The number of anilines is 1. The number of nitrogens with one attached hydrogen (secondary N) is 2. The maximum absolute atomic E-state index is 13.5. The van der Waals surface area contributed by atoms with E-state index in [-0.39, 0.29) is 17.6 Å². The fraction of sp³-hybridized carbons (Fsp3) is 0.375. The summed E-state index contributed by atoms with van der Waals surface area (Å²) in [6.45, 7) is 6.22. The third-order valence-electron chi connectivity index (χ3n) is 5.65. The van der Waals surface area contributed by atoms with E-state index in [4.69, 9.17) is 0 Å². The summed E-state index contributed by atoms with van der Waals surface area (Å²) in [7, 11) is 0. The second-order valence-electron chi connectivity index (χ2n) is 7.70. The zero-order valence-corrected chi connectivity index (χ0v) is 19.7. The van der Waals surface area contributed by atoms with Crippen LogP contribution in [0.25, 0.3) is 0 Å². The first-order valence-electron chi connectivity index (χ1n) is 10.7. The van der Waals surface area contributed by atoms with Crippen molar-refractivity contribution >= 4 is 40.5 Å². The number of hydrogen-bond donors (Lipinski definition) is 2. The van der Waals surface area contributed by atoms with E-state index in [1.54, 1.807) is 41.6 Å². The predicted molar refractivity (Wildman–Crippen MR) is 127 cm³/mol. The highest BCUT2D eigenvalue weighted by molar-refractivity contribution is 8.01. The molecule has 7 heteroatoms. The molecule has 0 unspecified atom stereocenters. The number of amides is 1. The highest BCUT2D eigenvalue weighted by atomic mass is 32.2. The van der Waals surface area contributed by atoms with E-state index < -0.39 is 0 Å². The lowest BCUT2D eigenvalue weighted by Crippen LogP contribution is -2.35. The highest BCUT2D eigenvalue weighted by Gasteiger charge is 2.40. The van der Waals surface area contributed by atoms with E-state index >= 15 is 0 Å². The number of Topliss-reactive ketones (excluding diaryl/α,β-unsaturated/α-hetero) is 1. The Morgan fingerprint density at radius 2 is 2.19 bits per heavy atom. The zero-order valence-electron chi connectivity index (χ0n) is 18.1. The molecule has 31 heavy (non-hydrogen) atoms. The van der Waals surface area contributed by atoms with Crippen LogP contribution in [0.2, 0.25) is 0 Å². The van der Waals surface area contributed by atoms with Crippen molar-refractivity contribution in [3.8, 4) is 0 Å². The first-order valence-corrected chi connectivity index (χ1v) is 12.5. The Kier molecular flexibility index (Phi) is 6.62. The molecule has 162 valence electrons. The minimum atomic E-state index is -0.341. The molecule has 1 atom stereocenters. The van der Waals surface area contributed by atoms with Crippen LogP contribution in [-0.4, -0.2) is 22.4 Å². The second-order valence-corrected chi connectivity index (χ2v) is 10.4. The summed E-state index contributed by atoms with van der Waals surface area (Å²) >= 11 is 3.57. The molecule has 0 radical (unpaired) electrons. The number of carbonyl (C=O) groups is 2. The minimum absolute atomic E-state index is 0.148. The SMILES string of the molecule is CCSc1sc(CC)cc1[C@@H]1C(C(=O)Nc2cccnc2)=C(C)NC2=C1C(=O)CCC2. The molecule has 2 aromatic heterocycles. The zero-order chi connectivity index (χ0) is 22.0. The van der Waals surface area contributed by atoms with Crippen molar-refractivity contribution in [2.24, 2.45) is 0 Å². The summed E-state index contributed by atoms with van der Waals surface area (Å²) in [6, 6.07) is 5.82. The molecule has 4 rings (SSSR count). The molecule has 5 nitrogen and oxygen atoms in total. The lowest BCUT2D eigenvalue weighted by molar-refractivity contribution is -0.116. The number of hydrogen-bond acceptors (Lipinski definition) is 6. The number of thioether (sulfide) groups is 1. The molecule has 1 aliphatic carbocycles. The molecule has 2 aliphatic rings. The number of carbonyl (C=O) groups excluding carboxylic acids is 2. The topological polar surface area (TPSA) is 71.1 Å². The van der Waals surface area contributed by atoms with Crippen molar-refractivity contribution in [2.75, 3.05) is 11.1 Å². The Bertz CT molecular complexity index is 1070. The third-order valence-corrected chi connectivity index (χ3v) is 8.13. The van der Waals surface area contributed by atoms with Gasteiger partial charge in [0.15, 0.2) is 5.78 Å². The molecule has 0 fully saturated rings. The van der Waals surface area contributed by atoms with E-state index in [0.29, 0.717) is 17.7 Å². The Labute approximate surface area is 191 Å². The van der Waals surface area contributed by atoms with Crippen molar-refractivity contribution < 1.29 is 9.59 Å². The normalized spacial score (nSPS) is 18.7. The fourth-order valence-corrected chi connectivity index (χ4v) is 6.67. The van der Waals surface area contributed by atoms with E-state index in [1.165, 1.54) is 9.09 Å². The Balaban J connectivity index is 1.84. The van der Waals surface area contributed by atoms with Crippen LogP contribution in [0.3, 0.4) is 0 Å². The van der Waals surface area contributed by atoms with Gasteiger partial charge in [-0.25, -0.2) is 0 Å². The minimum Gasteiger partial charge on any atom is -0.362 e. The summed E-state index contributed by atoms with van der Waals surface area (Å²) in [4.78, 5) is 32.0. The number of aromatic nitrogens is 1. The largest absolute Gasteiger partial charge is 0.362 e. The molecule has 0 spiro atoms. The monoisotopic (exact) mass is 453 g/mol. The van der Waals surface area contributed by atoms with Gasteiger partial charge >= 0.3 is 0 Å². The van der Waals surface area contributed by atoms with Gasteiger partial charge in [-0.3, -0.25) is 14.6 Å². The number of pyridine rings is 1. The van der Waals surface area contributed by atoms with Crippen LogP contribution in [0, 0.1) is 0 Å². The Morgan fingerprint density at radius 1 is 1.35 bits per heavy atom. The molecular weight excluding hydrogens is 426 g/mol. The summed E-state index contributed by atoms with van der Waals surface area (Å²) in [6.07, 6.45) is 6.47. The van der Waals surface area contributed by atoms with E-state index in [0.717, 1.165) is 47.5 Å². The number of ketones is 1. The average Bonchev–Trinajstić information content (AvgIpc) is 3.16. The molecule has 0 aromatic carbocycles. The third kappa shape index (κ3) is 4.34. The standard InChI is InChI=1S/C24H27N3O2S2/c1-4-16-12-17(24(31-16)30-5-2)21-20(23(29)27-15-8-7-11-25-13-15)14(3)26-18-9-6-10-19(28)22(18)21/h7-8,11-13,21,26H,4-6,9-10H2,1-3H3,(H,27,29)/t21-/m1/s1. The first kappa shape index (κ1) is 21.8. The highest BCUT2D eigenvalue weighted by Crippen LogP contribution is 2.47. The van der Waals surface area contributed by atoms with Gasteiger partial charge in [0.05, 0.1) is 16.1 Å². The first-order chi connectivity index (χ1) is 15.0. The lowest BCUT2D eigenvalue weighted by atomic mass is 9.75. The van der Waals surface area contributed by atoms with Crippen molar-refractivity contribution in [3.05, 3.63) is 63.6 Å². The molecular formula is C24H27N3O2S2. The number of aryl methyl sites for hydroxylation is 1. The molecule has 2 N–H and O–H groups in total. The van der Waals surface area contributed by atoms with Gasteiger partial charge in [0.2, 0.25) is 0 Å². The summed E-state index contributed by atoms with van der Waals surface area (Å²) in [5.41, 5.74) is 4.92. The van der Waals surface area contributed by atoms with Gasteiger partial charge in [0.25, 0.3) is 5.91 Å². The molecule has 1 aliphatic heterocycles. The van der Waals surface area contributed by atoms with Crippen LogP contribution in [0.15, 0.2) is 57.3 Å². The number of allylic oxidation sites excluding steroid dienone is 3. The van der Waals surface area contributed by atoms with Gasteiger partial charge in [0, 0.05) is 46.0 Å². The molecule has 2 aromatic rings. The van der Waals surface area contributed by atoms with Crippen molar-refractivity contribution in [2.45, 2.75) is 56.6 Å². The predicted octanol–water partition coefficient (Wildman–Crippen LogP) is 5.42. The van der Waals surface area contributed by atoms with Crippen LogP contribution < -0.4 is 10.6 Å². The van der Waals surface area contributed by atoms with Gasteiger partial charge in [-0.1, -0.05) is 13.8 Å². The quantitative estimate of drug-likeness (QED) is 0.571. The number of dihydropyridines is 1. The summed E-state index contributed by atoms with van der Waals surface area (Å²) in [5, 5.41) is 6.38. The Hall–Kier alpha value is -2.38. The number of thiophene rings is 1. The average molecular weight is 454 g/mol. The van der Waals surface area contributed by atoms with Crippen molar-refractivity contribution in [1.29, 1.82) is 0 Å². The molecule has 1 amide bonds. The van der Waals surface area contributed by atoms with Crippen LogP contribution >= 0.6 is 23.1 Å². The maximum atomic E-state index is 13.5. The molecule has 0 bridgehead atoms. The smallest absolute Gasteiger partial charge is 0.254 e. The van der Waals surface area contributed by atoms with Gasteiger partial charge in [0.1, 0.15) is 0 Å². The van der Waals surface area contributed by atoms with Gasteiger partial charge in [-0.15, -0.1) is 23.1 Å². The van der Waals surface area contributed by atoms with Crippen molar-refractivity contribution in [3.63, 3.8) is 0 Å². The van der Waals surface area contributed by atoms with E-state index in [1.807, 2.05) is 13.0 Å². The number of rotatable bonds is 6. The molecule has 3 heterocycles. The lowest BCUT2D eigenvalue weighted by Gasteiger charge is -2.34. The van der Waals surface area contributed by atoms with Gasteiger partial charge in [-0.2, -0.15) is 0 Å². The van der Waals surface area contributed by atoms with Crippen molar-refractivity contribution in [1.82, 2.24) is 10.3 Å². The van der Waals surface area contributed by atoms with Gasteiger partial charge in [-0.05, 0) is 55.7 Å². The fourth-order valence-electron chi connectivity index (χ4n) is 4.29. The van der Waals surface area contributed by atoms with E-state index in [9.17, 15) is 9.59 Å². The Morgan fingerprint density at radius 3 is 2.90 bits per heavy atom. The van der Waals surface area contributed by atoms with Crippen LogP contribution in [-0.2, 0) is 16.0 Å². The summed E-state index contributed by atoms with van der Waals surface area (Å²) < 4.78 is 1.20. The maximum Gasteiger partial charge on any atom is 0.254 e. The summed E-state index contributed by atoms with van der Waals surface area (Å²) in [5.74, 6) is 0.562. The molecule has 0 saturated heterocycles. The van der Waals surface area contributed by atoms with Crippen LogP contribution in [0.5, 0.6) is 0 Å². The molecule has 0 saturated carbocycles. The van der Waals surface area contributed by atoms with E-state index in [2.05, 4.69) is 35.5 Å². The second kappa shape index (κ2) is 9.40. The van der Waals surface area contributed by atoms with Crippen LogP contribution in [0.4, 0.5) is 5.69 Å².